The summed E-state index contributed by atoms with van der Waals surface area (Å²) in [5.74, 6) is 0.965. The van der Waals surface area contributed by atoms with Crippen LogP contribution in [0.15, 0.2) is 24.3 Å². The molecule has 1 aliphatic rings. The van der Waals surface area contributed by atoms with Crippen LogP contribution in [0.3, 0.4) is 0 Å². The summed E-state index contributed by atoms with van der Waals surface area (Å²) in [6, 6.07) is 8.91. The molecule has 0 atom stereocenters. The Morgan fingerprint density at radius 1 is 1.32 bits per heavy atom. The van der Waals surface area contributed by atoms with Crippen molar-refractivity contribution in [1.29, 1.82) is 5.26 Å². The highest BCUT2D eigenvalue weighted by Crippen LogP contribution is 2.14. The van der Waals surface area contributed by atoms with E-state index in [9.17, 15) is 8.42 Å². The van der Waals surface area contributed by atoms with E-state index in [0.717, 1.165) is 6.42 Å². The highest BCUT2D eigenvalue weighted by atomic mass is 32.2. The summed E-state index contributed by atoms with van der Waals surface area (Å²) in [4.78, 5) is 0. The van der Waals surface area contributed by atoms with E-state index in [1.54, 1.807) is 24.3 Å². The lowest BCUT2D eigenvalue weighted by molar-refractivity contribution is 0.292. The summed E-state index contributed by atoms with van der Waals surface area (Å²) in [6.07, 6.45) is 1.39. The Hall–Kier alpha value is -1.58. The van der Waals surface area contributed by atoms with Gasteiger partial charge in [0.05, 0.1) is 24.0 Å². The second kappa shape index (κ2) is 6.04. The van der Waals surface area contributed by atoms with Gasteiger partial charge in [-0.25, -0.2) is 12.7 Å². The minimum absolute atomic E-state index is 0.267. The Bertz CT molecular complexity index is 561. The van der Waals surface area contributed by atoms with Gasteiger partial charge < -0.3 is 4.74 Å². The molecular formula is C13H16N2O3S. The van der Waals surface area contributed by atoms with Crippen LogP contribution in [0.4, 0.5) is 0 Å². The largest absolute Gasteiger partial charge is 0.494 e. The van der Waals surface area contributed by atoms with Crippen LogP contribution in [-0.4, -0.2) is 38.2 Å². The molecule has 0 amide bonds. The fourth-order valence-electron chi connectivity index (χ4n) is 2.00. The van der Waals surface area contributed by atoms with Crippen LogP contribution in [0.5, 0.6) is 5.75 Å². The first-order valence-corrected chi connectivity index (χ1v) is 7.83. The van der Waals surface area contributed by atoms with Crippen molar-refractivity contribution < 1.29 is 13.2 Å². The standard InChI is InChI=1S/C13H16N2O3S/c14-11-12-3-5-13(6-4-12)18-9-1-7-15-8-2-10-19(15,16)17/h3-6H,1-2,7-10H2. The maximum Gasteiger partial charge on any atom is 0.214 e. The Kier molecular flexibility index (Phi) is 4.40. The quantitative estimate of drug-likeness (QED) is 0.764. The first-order valence-electron chi connectivity index (χ1n) is 6.22. The summed E-state index contributed by atoms with van der Waals surface area (Å²) in [5.41, 5.74) is 0.593. The molecule has 5 nitrogen and oxygen atoms in total. The van der Waals surface area contributed by atoms with E-state index in [1.807, 2.05) is 6.07 Å². The molecule has 102 valence electrons. The number of benzene rings is 1. The third kappa shape index (κ3) is 3.69. The van der Waals surface area contributed by atoms with E-state index in [1.165, 1.54) is 4.31 Å². The number of ether oxygens (including phenoxy) is 1. The van der Waals surface area contributed by atoms with Gasteiger partial charge in [-0.1, -0.05) is 0 Å². The number of nitriles is 1. The van der Waals surface area contributed by atoms with E-state index in [2.05, 4.69) is 0 Å². The number of rotatable bonds is 5. The molecule has 0 radical (unpaired) electrons. The van der Waals surface area contributed by atoms with E-state index in [0.29, 0.717) is 37.4 Å². The Labute approximate surface area is 113 Å². The zero-order valence-electron chi connectivity index (χ0n) is 10.6. The van der Waals surface area contributed by atoms with Crippen LogP contribution in [0, 0.1) is 11.3 Å². The maximum absolute atomic E-state index is 11.6. The normalized spacial score (nSPS) is 18.1. The summed E-state index contributed by atoms with van der Waals surface area (Å²) >= 11 is 0. The van der Waals surface area contributed by atoms with Crippen molar-refractivity contribution in [2.45, 2.75) is 12.8 Å². The van der Waals surface area contributed by atoms with E-state index >= 15 is 0 Å². The molecule has 1 fully saturated rings. The average molecular weight is 280 g/mol. The fourth-order valence-corrected chi connectivity index (χ4v) is 3.57. The molecule has 0 aliphatic carbocycles. The number of hydrogen-bond acceptors (Lipinski definition) is 4. The van der Waals surface area contributed by atoms with Crippen LogP contribution in [0.2, 0.25) is 0 Å². The van der Waals surface area contributed by atoms with Gasteiger partial charge in [-0.2, -0.15) is 5.26 Å². The van der Waals surface area contributed by atoms with Crippen molar-refractivity contribution in [2.75, 3.05) is 25.4 Å². The first-order chi connectivity index (χ1) is 9.12. The smallest absolute Gasteiger partial charge is 0.214 e. The third-order valence-electron chi connectivity index (χ3n) is 3.01. The molecular weight excluding hydrogens is 264 g/mol. The molecule has 2 rings (SSSR count). The van der Waals surface area contributed by atoms with Crippen molar-refractivity contribution in [3.63, 3.8) is 0 Å². The molecule has 1 aromatic carbocycles. The van der Waals surface area contributed by atoms with Gasteiger partial charge in [-0.15, -0.1) is 0 Å². The van der Waals surface area contributed by atoms with Gasteiger partial charge in [0.1, 0.15) is 5.75 Å². The lowest BCUT2D eigenvalue weighted by atomic mass is 10.2. The minimum atomic E-state index is -3.00. The van der Waals surface area contributed by atoms with Crippen molar-refractivity contribution in [2.24, 2.45) is 0 Å². The number of nitrogens with zero attached hydrogens (tertiary/aromatic N) is 2. The molecule has 0 N–H and O–H groups in total. The molecule has 0 saturated carbocycles. The number of hydrogen-bond donors (Lipinski definition) is 0. The van der Waals surface area contributed by atoms with Crippen molar-refractivity contribution in [1.82, 2.24) is 4.31 Å². The minimum Gasteiger partial charge on any atom is -0.494 e. The molecule has 0 bridgehead atoms. The zero-order valence-corrected chi connectivity index (χ0v) is 11.4. The van der Waals surface area contributed by atoms with Gasteiger partial charge in [-0.05, 0) is 37.1 Å². The monoisotopic (exact) mass is 280 g/mol. The zero-order chi connectivity index (χ0) is 13.7. The van der Waals surface area contributed by atoms with Gasteiger partial charge in [0, 0.05) is 13.1 Å². The summed E-state index contributed by atoms with van der Waals surface area (Å²) in [7, 11) is -3.00. The predicted octanol–water partition coefficient (Wildman–Crippen LogP) is 1.36. The van der Waals surface area contributed by atoms with Crippen molar-refractivity contribution >= 4 is 10.0 Å². The molecule has 1 aliphatic heterocycles. The van der Waals surface area contributed by atoms with Gasteiger partial charge in [0.25, 0.3) is 0 Å². The van der Waals surface area contributed by atoms with E-state index in [4.69, 9.17) is 10.00 Å². The summed E-state index contributed by atoms with van der Waals surface area (Å²) < 4.78 is 30.1. The van der Waals surface area contributed by atoms with Crippen molar-refractivity contribution in [3.05, 3.63) is 29.8 Å². The molecule has 19 heavy (non-hydrogen) atoms. The van der Waals surface area contributed by atoms with Crippen LogP contribution in [0.25, 0.3) is 0 Å². The average Bonchev–Trinajstić information content (AvgIpc) is 2.74. The maximum atomic E-state index is 11.6. The molecule has 1 heterocycles. The highest BCUT2D eigenvalue weighted by Gasteiger charge is 2.27. The van der Waals surface area contributed by atoms with E-state index in [-0.39, 0.29) is 5.75 Å². The van der Waals surface area contributed by atoms with Crippen LogP contribution in [0.1, 0.15) is 18.4 Å². The second-order valence-electron chi connectivity index (χ2n) is 4.41. The Balaban J connectivity index is 1.73. The lowest BCUT2D eigenvalue weighted by Crippen LogP contribution is -2.27. The third-order valence-corrected chi connectivity index (χ3v) is 4.96. The summed E-state index contributed by atoms with van der Waals surface area (Å²) in [6.45, 7) is 1.61. The molecule has 1 saturated heterocycles. The van der Waals surface area contributed by atoms with Gasteiger partial charge in [-0.3, -0.25) is 0 Å². The van der Waals surface area contributed by atoms with Crippen LogP contribution in [-0.2, 0) is 10.0 Å². The van der Waals surface area contributed by atoms with Crippen LogP contribution < -0.4 is 4.74 Å². The Morgan fingerprint density at radius 3 is 2.63 bits per heavy atom. The van der Waals surface area contributed by atoms with Crippen molar-refractivity contribution in [3.8, 4) is 11.8 Å². The number of sulfonamides is 1. The topological polar surface area (TPSA) is 70.4 Å². The van der Waals surface area contributed by atoms with E-state index < -0.39 is 10.0 Å². The molecule has 0 aromatic heterocycles. The molecule has 6 heteroatoms. The molecule has 0 unspecified atom stereocenters. The first kappa shape index (κ1) is 13.8. The summed E-state index contributed by atoms with van der Waals surface area (Å²) in [5, 5.41) is 8.66. The SMILES string of the molecule is N#Cc1ccc(OCCCN2CCCS2(=O)=O)cc1. The van der Waals surface area contributed by atoms with Crippen LogP contribution >= 0.6 is 0 Å². The predicted molar refractivity (Wildman–Crippen MR) is 71.2 cm³/mol. The lowest BCUT2D eigenvalue weighted by Gasteiger charge is -2.14. The van der Waals surface area contributed by atoms with Gasteiger partial charge >= 0.3 is 0 Å². The molecule has 1 aromatic rings. The molecule has 0 spiro atoms. The highest BCUT2D eigenvalue weighted by molar-refractivity contribution is 7.89. The Morgan fingerprint density at radius 2 is 2.05 bits per heavy atom. The second-order valence-corrected chi connectivity index (χ2v) is 6.50. The fraction of sp³-hybridized carbons (Fsp3) is 0.462. The van der Waals surface area contributed by atoms with Gasteiger partial charge in [0.15, 0.2) is 0 Å². The van der Waals surface area contributed by atoms with Gasteiger partial charge in [0.2, 0.25) is 10.0 Å².